The number of fused-ring (bicyclic) bond motifs is 6. The van der Waals surface area contributed by atoms with Gasteiger partial charge in [0.25, 0.3) is 0 Å². The fourth-order valence-electron chi connectivity index (χ4n) is 9.55. The Balaban J connectivity index is 1.96. The van der Waals surface area contributed by atoms with Gasteiger partial charge in [0.05, 0.1) is 5.69 Å². The van der Waals surface area contributed by atoms with Gasteiger partial charge < -0.3 is 9.80 Å². The van der Waals surface area contributed by atoms with Crippen molar-refractivity contribution >= 4 is 50.5 Å². The Kier molecular flexibility index (Phi) is 17.5. The minimum absolute atomic E-state index is 0.0563. The molecule has 2 bridgehead atoms. The van der Waals surface area contributed by atoms with Crippen LogP contribution in [-0.4, -0.2) is 7.28 Å². The van der Waals surface area contributed by atoms with E-state index >= 15 is 0 Å². The van der Waals surface area contributed by atoms with Crippen LogP contribution in [0.3, 0.4) is 0 Å². The highest BCUT2D eigenvalue weighted by atomic mass is 32.1. The Morgan fingerprint density at radius 1 is 0.824 bits per heavy atom. The second-order valence-electron chi connectivity index (χ2n) is 22.7. The lowest BCUT2D eigenvalue weighted by molar-refractivity contribution is 0.332. The van der Waals surface area contributed by atoms with Crippen LogP contribution in [0, 0.1) is 22.7 Å². The molecule has 1 unspecified atom stereocenters. The first-order valence-corrected chi connectivity index (χ1v) is 26.0. The van der Waals surface area contributed by atoms with Gasteiger partial charge in [-0.2, -0.15) is 0 Å². The lowest BCUT2D eigenvalue weighted by Crippen LogP contribution is -2.33. The van der Waals surface area contributed by atoms with Crippen molar-refractivity contribution in [3.05, 3.63) is 192 Å². The number of allylic oxidation sites excluding steroid dienone is 18. The maximum atomic E-state index is 4.57. The fraction of sp³-hybridized carbons (Fsp3) is 0.406. The van der Waals surface area contributed by atoms with E-state index in [2.05, 4.69) is 238 Å². The number of rotatable bonds is 16. The maximum absolute atomic E-state index is 4.57. The highest BCUT2D eigenvalue weighted by molar-refractivity contribution is 7.29. The molecule has 4 heteroatoms. The van der Waals surface area contributed by atoms with E-state index in [1.807, 2.05) is 35.6 Å². The first-order valence-electron chi connectivity index (χ1n) is 25.2. The molecule has 0 saturated heterocycles. The van der Waals surface area contributed by atoms with E-state index in [1.54, 1.807) is 0 Å². The van der Waals surface area contributed by atoms with Gasteiger partial charge in [-0.25, -0.2) is 0 Å². The van der Waals surface area contributed by atoms with Crippen LogP contribution in [0.2, 0.25) is 0 Å². The maximum Gasteiger partial charge on any atom is 0.210 e. The van der Waals surface area contributed by atoms with Crippen molar-refractivity contribution in [2.24, 2.45) is 22.7 Å². The second-order valence-corrected chi connectivity index (χ2v) is 23.8. The zero-order valence-electron chi connectivity index (χ0n) is 44.9. The largest absolute Gasteiger partial charge is 0.322 e. The molecule has 1 aliphatic carbocycles. The SMILES string of the molecule is C=C/C=C(C=C)/C=C/C(=C(\C=C\N1/C(C)=C(/C=C\CCC=C)[B]c2sc3cc4c(cc3c2N(/C(C=C)=C/C(=C/C(C)C)C(C)CC)c2cccc1c2)C(C)(C)CCC4(C)C)C(C)(C)C)C(C)(C)C. The Morgan fingerprint density at radius 2 is 1.46 bits per heavy atom. The molecule has 359 valence electrons. The molecule has 0 N–H and O–H groups in total. The molecule has 0 spiro atoms. The number of unbranched alkanes of at least 4 members (excludes halogenated alkanes) is 1. The van der Waals surface area contributed by atoms with E-state index in [0.717, 1.165) is 59.5 Å². The van der Waals surface area contributed by atoms with Crippen molar-refractivity contribution < 1.29 is 0 Å². The molecule has 3 aromatic rings. The van der Waals surface area contributed by atoms with Crippen molar-refractivity contribution in [2.45, 2.75) is 147 Å². The van der Waals surface area contributed by atoms with E-state index in [-0.39, 0.29) is 21.7 Å². The zero-order valence-corrected chi connectivity index (χ0v) is 45.7. The van der Waals surface area contributed by atoms with Gasteiger partial charge in [-0.3, -0.25) is 0 Å². The van der Waals surface area contributed by atoms with Crippen LogP contribution in [0.5, 0.6) is 0 Å². The molecule has 68 heavy (non-hydrogen) atoms. The number of benzene rings is 2. The summed E-state index contributed by atoms with van der Waals surface area (Å²) in [7, 11) is 2.46. The van der Waals surface area contributed by atoms with E-state index in [9.17, 15) is 0 Å². The van der Waals surface area contributed by atoms with Crippen molar-refractivity contribution in [1.82, 2.24) is 0 Å². The van der Waals surface area contributed by atoms with Gasteiger partial charge in [-0.05, 0) is 159 Å². The normalized spacial score (nSPS) is 19.0. The summed E-state index contributed by atoms with van der Waals surface area (Å²) in [5.41, 5.74) is 14.5. The molecular formula is C64H84BN2S. The van der Waals surface area contributed by atoms with E-state index in [4.69, 9.17) is 0 Å². The van der Waals surface area contributed by atoms with E-state index in [1.165, 1.54) is 54.8 Å². The minimum Gasteiger partial charge on any atom is -0.322 e. The van der Waals surface area contributed by atoms with Crippen LogP contribution in [0.4, 0.5) is 17.1 Å². The third kappa shape index (κ3) is 12.4. The van der Waals surface area contributed by atoms with Crippen LogP contribution in [0.1, 0.15) is 147 Å². The van der Waals surface area contributed by atoms with Gasteiger partial charge in [0.1, 0.15) is 0 Å². The quantitative estimate of drug-likeness (QED) is 0.0611. The predicted molar refractivity (Wildman–Crippen MR) is 308 cm³/mol. The average Bonchev–Trinajstić information content (AvgIpc) is 3.61. The number of hydrogen-bond donors (Lipinski definition) is 0. The van der Waals surface area contributed by atoms with Gasteiger partial charge >= 0.3 is 0 Å². The summed E-state index contributed by atoms with van der Waals surface area (Å²) < 4.78 is 2.54. The van der Waals surface area contributed by atoms with Crippen LogP contribution >= 0.6 is 11.3 Å². The molecule has 2 aromatic carbocycles. The van der Waals surface area contributed by atoms with Crippen molar-refractivity contribution in [3.63, 3.8) is 0 Å². The third-order valence-corrected chi connectivity index (χ3v) is 15.0. The highest BCUT2D eigenvalue weighted by Gasteiger charge is 2.38. The number of hydrogen-bond acceptors (Lipinski definition) is 3. The molecule has 1 radical (unpaired) electrons. The van der Waals surface area contributed by atoms with Crippen molar-refractivity contribution in [1.29, 1.82) is 0 Å². The predicted octanol–water partition coefficient (Wildman–Crippen LogP) is 18.7. The van der Waals surface area contributed by atoms with Crippen molar-refractivity contribution in [3.8, 4) is 0 Å². The molecule has 0 fully saturated rings. The summed E-state index contributed by atoms with van der Waals surface area (Å²) in [6, 6.07) is 14.3. The lowest BCUT2D eigenvalue weighted by Gasteiger charge is -2.42. The first-order chi connectivity index (χ1) is 31.9. The Labute approximate surface area is 419 Å². The Morgan fingerprint density at radius 3 is 2.03 bits per heavy atom. The number of nitrogens with zero attached hydrogens (tertiary/aromatic N) is 2. The van der Waals surface area contributed by atoms with Gasteiger partial charge in [0.2, 0.25) is 7.28 Å². The molecule has 1 atom stereocenters. The summed E-state index contributed by atoms with van der Waals surface area (Å²) in [5.74, 6) is 0.794. The molecule has 2 nitrogen and oxygen atoms in total. The molecule has 0 saturated carbocycles. The van der Waals surface area contributed by atoms with E-state index < -0.39 is 0 Å². The number of thiophene rings is 1. The summed E-state index contributed by atoms with van der Waals surface area (Å²) in [5, 5.41) is 1.29. The van der Waals surface area contributed by atoms with Gasteiger partial charge in [0.15, 0.2) is 0 Å². The van der Waals surface area contributed by atoms with Crippen LogP contribution in [0.25, 0.3) is 10.1 Å². The molecule has 5 rings (SSSR count). The molecule has 1 aromatic heterocycles. The molecule has 2 heterocycles. The van der Waals surface area contributed by atoms with Crippen LogP contribution in [-0.2, 0) is 10.8 Å². The highest BCUT2D eigenvalue weighted by Crippen LogP contribution is 2.50. The minimum atomic E-state index is -0.165. The smallest absolute Gasteiger partial charge is 0.210 e. The van der Waals surface area contributed by atoms with Gasteiger partial charge in [-0.1, -0.05) is 183 Å². The van der Waals surface area contributed by atoms with Gasteiger partial charge in [0, 0.05) is 39.1 Å². The van der Waals surface area contributed by atoms with Gasteiger partial charge in [-0.15, -0.1) is 17.9 Å². The fourth-order valence-corrected chi connectivity index (χ4v) is 10.7. The Hall–Kier alpha value is -5.06. The van der Waals surface area contributed by atoms with Crippen LogP contribution in [0.15, 0.2) is 181 Å². The molecular weight excluding hydrogens is 840 g/mol. The summed E-state index contributed by atoms with van der Waals surface area (Å²) in [6.45, 7) is 51.7. The lowest BCUT2D eigenvalue weighted by atomic mass is 9.63. The average molecular weight is 924 g/mol. The summed E-state index contributed by atoms with van der Waals surface area (Å²) in [6.07, 6.45) is 33.6. The first kappa shape index (κ1) is 53.9. The van der Waals surface area contributed by atoms with E-state index in [0.29, 0.717) is 11.8 Å². The third-order valence-electron chi connectivity index (χ3n) is 13.9. The van der Waals surface area contributed by atoms with Crippen molar-refractivity contribution in [2.75, 3.05) is 9.80 Å². The monoisotopic (exact) mass is 924 g/mol. The molecule has 1 aliphatic heterocycles. The molecule has 2 aliphatic rings. The van der Waals surface area contributed by atoms with Crippen LogP contribution < -0.4 is 14.6 Å². The number of anilines is 3. The zero-order chi connectivity index (χ0) is 50.4. The standard InChI is InChI=1S/C64H84BN2S/c1-20-25-26-27-32-57-46(9)66(38-35-54(62(13,14)15)53(61(10,11)12)34-33-47(23-4)29-21-2)50-30-28-31-51(41-50)67(49(24-5)40-48(39-44(6)7)45(8)22-3)59-52-42-55-56(43-58(52)68-60(59)65-57)64(18,19)37-36-63(55,16)17/h20-21,23-24,27-35,38-45H,1-2,4-5,22,25-26,36-37H2,3,6-19H3/b32-27-,34-33+,38-35+,47-29+,48-39-,49-40+,54-53-,57-46-. The summed E-state index contributed by atoms with van der Waals surface area (Å²) >= 11 is 1.91. The Bertz CT molecular complexity index is 2620. The summed E-state index contributed by atoms with van der Waals surface area (Å²) in [4.78, 5) is 4.92. The molecule has 0 amide bonds. The second kappa shape index (κ2) is 22.1. The topological polar surface area (TPSA) is 6.48 Å².